The first-order valence-electron chi connectivity index (χ1n) is 6.66. The molecule has 2 N–H and O–H groups in total. The molecule has 0 spiro atoms. The van der Waals surface area contributed by atoms with Gasteiger partial charge in [0.05, 0.1) is 0 Å². The summed E-state index contributed by atoms with van der Waals surface area (Å²) >= 11 is 3.55. The smallest absolute Gasteiger partial charge is 0.0178 e. The minimum absolute atomic E-state index is 0.537. The summed E-state index contributed by atoms with van der Waals surface area (Å²) in [5.74, 6) is 2.18. The average molecular weight is 296 g/mol. The van der Waals surface area contributed by atoms with E-state index >= 15 is 0 Å². The van der Waals surface area contributed by atoms with E-state index < -0.39 is 0 Å². The van der Waals surface area contributed by atoms with Crippen molar-refractivity contribution in [2.75, 3.05) is 6.54 Å². The average Bonchev–Trinajstić information content (AvgIpc) is 2.30. The van der Waals surface area contributed by atoms with Gasteiger partial charge in [0.25, 0.3) is 0 Å². The molecule has 0 aliphatic heterocycles. The normalized spacial score (nSPS) is 26.8. The summed E-state index contributed by atoms with van der Waals surface area (Å²) < 4.78 is 1.16. The summed E-state index contributed by atoms with van der Waals surface area (Å²) in [5.41, 5.74) is 7.42. The summed E-state index contributed by atoms with van der Waals surface area (Å²) in [6, 6.07) is 8.66. The molecule has 1 fully saturated rings. The fourth-order valence-corrected chi connectivity index (χ4v) is 3.60. The molecule has 1 saturated carbocycles. The van der Waals surface area contributed by atoms with Crippen molar-refractivity contribution < 1.29 is 0 Å². The van der Waals surface area contributed by atoms with E-state index in [4.69, 9.17) is 5.73 Å². The lowest BCUT2D eigenvalue weighted by atomic mass is 9.73. The SMILES string of the molecule is CC1CCCC(C(CN)c2cccc(Br)c2)C1. The summed E-state index contributed by atoms with van der Waals surface area (Å²) in [6.07, 6.45) is 5.45. The van der Waals surface area contributed by atoms with Gasteiger partial charge < -0.3 is 5.73 Å². The summed E-state index contributed by atoms with van der Waals surface area (Å²) in [6.45, 7) is 3.15. The van der Waals surface area contributed by atoms with Gasteiger partial charge in [-0.15, -0.1) is 0 Å². The van der Waals surface area contributed by atoms with Crippen molar-refractivity contribution in [3.63, 3.8) is 0 Å². The Morgan fingerprint density at radius 1 is 1.41 bits per heavy atom. The molecular weight excluding hydrogens is 274 g/mol. The van der Waals surface area contributed by atoms with Crippen LogP contribution in [0.3, 0.4) is 0 Å². The maximum atomic E-state index is 6.02. The van der Waals surface area contributed by atoms with Gasteiger partial charge in [-0.25, -0.2) is 0 Å². The molecule has 3 unspecified atom stereocenters. The van der Waals surface area contributed by atoms with E-state index in [2.05, 4.69) is 47.1 Å². The van der Waals surface area contributed by atoms with Crippen molar-refractivity contribution in [2.45, 2.75) is 38.5 Å². The predicted octanol–water partition coefficient (Wildman–Crippen LogP) is 4.32. The Balaban J connectivity index is 2.15. The molecule has 0 radical (unpaired) electrons. The molecule has 0 saturated heterocycles. The standard InChI is InChI=1S/C15H22BrN/c1-11-4-2-5-12(8-11)15(10-17)13-6-3-7-14(16)9-13/h3,6-7,9,11-12,15H,2,4-5,8,10,17H2,1H3. The van der Waals surface area contributed by atoms with Gasteiger partial charge in [-0.2, -0.15) is 0 Å². The van der Waals surface area contributed by atoms with Gasteiger partial charge in [0.15, 0.2) is 0 Å². The van der Waals surface area contributed by atoms with Gasteiger partial charge in [0, 0.05) is 4.47 Å². The van der Waals surface area contributed by atoms with Gasteiger partial charge in [0.1, 0.15) is 0 Å². The number of hydrogen-bond acceptors (Lipinski definition) is 1. The third-order valence-electron chi connectivity index (χ3n) is 4.08. The van der Waals surface area contributed by atoms with Gasteiger partial charge >= 0.3 is 0 Å². The number of nitrogens with two attached hydrogens (primary N) is 1. The molecule has 1 nitrogen and oxygen atoms in total. The molecule has 2 rings (SSSR count). The van der Waals surface area contributed by atoms with Crippen LogP contribution in [-0.4, -0.2) is 6.54 Å². The molecule has 1 aromatic carbocycles. The maximum Gasteiger partial charge on any atom is 0.0178 e. The van der Waals surface area contributed by atoms with Crippen LogP contribution in [0.2, 0.25) is 0 Å². The summed E-state index contributed by atoms with van der Waals surface area (Å²) in [4.78, 5) is 0. The van der Waals surface area contributed by atoms with E-state index in [9.17, 15) is 0 Å². The van der Waals surface area contributed by atoms with Crippen LogP contribution in [0, 0.1) is 11.8 Å². The second-order valence-corrected chi connectivity index (χ2v) is 6.34. The number of rotatable bonds is 3. The van der Waals surface area contributed by atoms with Crippen molar-refractivity contribution in [2.24, 2.45) is 17.6 Å². The Morgan fingerprint density at radius 3 is 2.88 bits per heavy atom. The Morgan fingerprint density at radius 2 is 2.24 bits per heavy atom. The molecule has 2 heteroatoms. The van der Waals surface area contributed by atoms with Crippen molar-refractivity contribution in [1.82, 2.24) is 0 Å². The predicted molar refractivity (Wildman–Crippen MR) is 77.1 cm³/mol. The van der Waals surface area contributed by atoms with E-state index in [0.717, 1.165) is 22.9 Å². The van der Waals surface area contributed by atoms with E-state index in [0.29, 0.717) is 5.92 Å². The number of halogens is 1. The minimum atomic E-state index is 0.537. The molecule has 0 heterocycles. The molecule has 0 aromatic heterocycles. The van der Waals surface area contributed by atoms with Gasteiger partial charge in [0.2, 0.25) is 0 Å². The fourth-order valence-electron chi connectivity index (χ4n) is 3.18. The third-order valence-corrected chi connectivity index (χ3v) is 4.57. The van der Waals surface area contributed by atoms with Crippen molar-refractivity contribution >= 4 is 15.9 Å². The van der Waals surface area contributed by atoms with Crippen LogP contribution in [-0.2, 0) is 0 Å². The molecule has 0 amide bonds. The van der Waals surface area contributed by atoms with E-state index in [1.165, 1.54) is 31.2 Å². The van der Waals surface area contributed by atoms with Crippen LogP contribution in [0.4, 0.5) is 0 Å². The first-order valence-corrected chi connectivity index (χ1v) is 7.45. The molecule has 17 heavy (non-hydrogen) atoms. The second-order valence-electron chi connectivity index (χ2n) is 5.43. The zero-order chi connectivity index (χ0) is 12.3. The molecule has 1 aromatic rings. The highest BCUT2D eigenvalue weighted by atomic mass is 79.9. The molecule has 94 valence electrons. The molecule has 1 aliphatic carbocycles. The van der Waals surface area contributed by atoms with Crippen LogP contribution < -0.4 is 5.73 Å². The Kier molecular flexibility index (Phi) is 4.63. The highest BCUT2D eigenvalue weighted by Gasteiger charge is 2.26. The summed E-state index contributed by atoms with van der Waals surface area (Å²) in [7, 11) is 0. The van der Waals surface area contributed by atoms with Crippen molar-refractivity contribution in [3.8, 4) is 0 Å². The van der Waals surface area contributed by atoms with Crippen LogP contribution in [0.15, 0.2) is 28.7 Å². The lowest BCUT2D eigenvalue weighted by molar-refractivity contribution is 0.248. The zero-order valence-electron chi connectivity index (χ0n) is 10.5. The fraction of sp³-hybridized carbons (Fsp3) is 0.600. The Hall–Kier alpha value is -0.340. The van der Waals surface area contributed by atoms with Gasteiger partial charge in [-0.05, 0) is 54.8 Å². The highest BCUT2D eigenvalue weighted by Crippen LogP contribution is 2.38. The molecular formula is C15H22BrN. The quantitative estimate of drug-likeness (QED) is 0.883. The monoisotopic (exact) mass is 295 g/mol. The topological polar surface area (TPSA) is 26.0 Å². The van der Waals surface area contributed by atoms with Gasteiger partial charge in [-0.1, -0.05) is 47.8 Å². The first kappa shape index (κ1) is 13.1. The molecule has 0 bridgehead atoms. The number of benzene rings is 1. The third kappa shape index (κ3) is 3.32. The first-order chi connectivity index (χ1) is 8.20. The highest BCUT2D eigenvalue weighted by molar-refractivity contribution is 9.10. The van der Waals surface area contributed by atoms with E-state index in [1.807, 2.05) is 0 Å². The summed E-state index contributed by atoms with van der Waals surface area (Å²) in [5, 5.41) is 0. The Labute approximate surface area is 113 Å². The van der Waals surface area contributed by atoms with Crippen LogP contribution in [0.1, 0.15) is 44.1 Å². The molecule has 3 atom stereocenters. The largest absolute Gasteiger partial charge is 0.330 e. The second kappa shape index (κ2) is 6.01. The minimum Gasteiger partial charge on any atom is -0.330 e. The van der Waals surface area contributed by atoms with Gasteiger partial charge in [-0.3, -0.25) is 0 Å². The van der Waals surface area contributed by atoms with Crippen molar-refractivity contribution in [3.05, 3.63) is 34.3 Å². The van der Waals surface area contributed by atoms with Crippen LogP contribution in [0.5, 0.6) is 0 Å². The van der Waals surface area contributed by atoms with Crippen molar-refractivity contribution in [1.29, 1.82) is 0 Å². The molecule has 1 aliphatic rings. The van der Waals surface area contributed by atoms with Crippen LogP contribution in [0.25, 0.3) is 0 Å². The van der Waals surface area contributed by atoms with E-state index in [1.54, 1.807) is 0 Å². The Bertz CT molecular complexity index is 364. The lowest BCUT2D eigenvalue weighted by Crippen LogP contribution is -2.26. The number of hydrogen-bond donors (Lipinski definition) is 1. The maximum absolute atomic E-state index is 6.02. The van der Waals surface area contributed by atoms with Crippen LogP contribution >= 0.6 is 15.9 Å². The van der Waals surface area contributed by atoms with E-state index in [-0.39, 0.29) is 0 Å². The lowest BCUT2D eigenvalue weighted by Gasteiger charge is -2.33. The zero-order valence-corrected chi connectivity index (χ0v) is 12.1.